The second-order valence-corrected chi connectivity index (χ2v) is 7.16. The van der Waals surface area contributed by atoms with Gasteiger partial charge >= 0.3 is 6.09 Å². The highest BCUT2D eigenvalue weighted by molar-refractivity contribution is 5.82. The summed E-state index contributed by atoms with van der Waals surface area (Å²) in [6.45, 7) is 7.18. The van der Waals surface area contributed by atoms with Crippen molar-refractivity contribution in [2.24, 2.45) is 0 Å². The third kappa shape index (κ3) is 3.63. The molecule has 4 heteroatoms. The van der Waals surface area contributed by atoms with Crippen molar-refractivity contribution in [2.45, 2.75) is 45.1 Å². The molecule has 3 rings (SSSR count). The number of aromatic nitrogens is 1. The largest absolute Gasteiger partial charge is 0.444 e. The Morgan fingerprint density at radius 1 is 1.17 bits per heavy atom. The summed E-state index contributed by atoms with van der Waals surface area (Å²) in [5.41, 5.74) is 1.95. The van der Waals surface area contributed by atoms with E-state index in [4.69, 9.17) is 4.74 Å². The Hall–Kier alpha value is -2.10. The third-order valence-corrected chi connectivity index (χ3v) is 4.25. The Labute approximate surface area is 137 Å². The lowest BCUT2D eigenvalue weighted by atomic mass is 9.88. The first-order valence-electron chi connectivity index (χ1n) is 8.25. The lowest BCUT2D eigenvalue weighted by Crippen LogP contribution is -2.41. The third-order valence-electron chi connectivity index (χ3n) is 4.25. The van der Waals surface area contributed by atoms with E-state index in [1.165, 1.54) is 10.9 Å². The lowest BCUT2D eigenvalue weighted by molar-refractivity contribution is 0.0205. The zero-order valence-corrected chi connectivity index (χ0v) is 14.1. The number of nitrogens with zero attached hydrogens (tertiary/aromatic N) is 2. The number of rotatable bonds is 1. The number of para-hydroxylation sites is 1. The maximum atomic E-state index is 12.2. The van der Waals surface area contributed by atoms with Gasteiger partial charge in [-0.05, 0) is 51.2 Å². The Morgan fingerprint density at radius 3 is 2.57 bits per heavy atom. The van der Waals surface area contributed by atoms with Crippen LogP contribution < -0.4 is 0 Å². The predicted octanol–water partition coefficient (Wildman–Crippen LogP) is 4.35. The van der Waals surface area contributed by atoms with Crippen molar-refractivity contribution in [3.05, 3.63) is 42.1 Å². The molecule has 0 saturated carbocycles. The molecule has 0 N–H and O–H groups in total. The van der Waals surface area contributed by atoms with Gasteiger partial charge in [-0.2, -0.15) is 0 Å². The first-order chi connectivity index (χ1) is 10.9. The molecule has 0 spiro atoms. The fraction of sp³-hybridized carbons (Fsp3) is 0.474. The average molecular weight is 312 g/mol. The fourth-order valence-corrected chi connectivity index (χ4v) is 3.16. The minimum absolute atomic E-state index is 0.202. The average Bonchev–Trinajstić information content (AvgIpc) is 2.53. The van der Waals surface area contributed by atoms with Gasteiger partial charge in [-0.15, -0.1) is 0 Å². The van der Waals surface area contributed by atoms with Crippen LogP contribution in [0.15, 0.2) is 36.5 Å². The first kappa shape index (κ1) is 15.8. The topological polar surface area (TPSA) is 42.4 Å². The molecule has 1 aliphatic rings. The second kappa shape index (κ2) is 6.19. The van der Waals surface area contributed by atoms with Crippen LogP contribution in [-0.4, -0.2) is 34.7 Å². The molecular weight excluding hydrogens is 288 g/mol. The monoisotopic (exact) mass is 312 g/mol. The van der Waals surface area contributed by atoms with Gasteiger partial charge in [0.25, 0.3) is 0 Å². The number of piperidine rings is 1. The van der Waals surface area contributed by atoms with E-state index in [9.17, 15) is 4.79 Å². The molecule has 1 aromatic heterocycles. The van der Waals surface area contributed by atoms with Crippen LogP contribution in [0.2, 0.25) is 0 Å². The van der Waals surface area contributed by atoms with Gasteiger partial charge in [0.05, 0.1) is 5.52 Å². The first-order valence-corrected chi connectivity index (χ1v) is 8.25. The Kier molecular flexibility index (Phi) is 4.24. The molecule has 23 heavy (non-hydrogen) atoms. The molecular formula is C19H24N2O2. The lowest BCUT2D eigenvalue weighted by Gasteiger charge is -2.33. The number of hydrogen-bond acceptors (Lipinski definition) is 3. The van der Waals surface area contributed by atoms with Gasteiger partial charge in [0.2, 0.25) is 0 Å². The van der Waals surface area contributed by atoms with Crippen LogP contribution in [0, 0.1) is 0 Å². The van der Waals surface area contributed by atoms with Crippen molar-refractivity contribution in [2.75, 3.05) is 13.1 Å². The van der Waals surface area contributed by atoms with Crippen LogP contribution in [-0.2, 0) is 4.74 Å². The number of likely N-dealkylation sites (tertiary alicyclic amines) is 1. The second-order valence-electron chi connectivity index (χ2n) is 7.16. The van der Waals surface area contributed by atoms with Gasteiger partial charge in [-0.25, -0.2) is 4.79 Å². The van der Waals surface area contributed by atoms with Crippen molar-refractivity contribution < 1.29 is 9.53 Å². The Balaban J connectivity index is 1.70. The number of pyridine rings is 1. The molecule has 1 amide bonds. The van der Waals surface area contributed by atoms with Crippen LogP contribution in [0.3, 0.4) is 0 Å². The number of benzene rings is 1. The van der Waals surface area contributed by atoms with E-state index >= 15 is 0 Å². The van der Waals surface area contributed by atoms with Crippen molar-refractivity contribution in [3.8, 4) is 0 Å². The van der Waals surface area contributed by atoms with Crippen LogP contribution in [0.25, 0.3) is 10.9 Å². The van der Waals surface area contributed by atoms with Crippen molar-refractivity contribution in [1.29, 1.82) is 0 Å². The summed E-state index contributed by atoms with van der Waals surface area (Å²) < 4.78 is 5.46. The molecule has 122 valence electrons. The standard InChI is InChI=1S/C19H24N2O2/c1-19(2,3)23-18(22)21-12-9-14(10-13-21)16-8-4-6-15-7-5-11-20-17(15)16/h4-8,11,14H,9-10,12-13H2,1-3H3. The van der Waals surface area contributed by atoms with Crippen molar-refractivity contribution in [1.82, 2.24) is 9.88 Å². The maximum absolute atomic E-state index is 12.2. The summed E-state index contributed by atoms with van der Waals surface area (Å²) in [6, 6.07) is 10.4. The van der Waals surface area contributed by atoms with Crippen LogP contribution >= 0.6 is 0 Å². The fourth-order valence-electron chi connectivity index (χ4n) is 3.16. The normalized spacial score (nSPS) is 16.6. The number of amides is 1. The van der Waals surface area contributed by atoms with E-state index < -0.39 is 5.60 Å². The number of fused-ring (bicyclic) bond motifs is 1. The van der Waals surface area contributed by atoms with Crippen LogP contribution in [0.4, 0.5) is 4.79 Å². The van der Waals surface area contributed by atoms with Gasteiger partial charge in [0, 0.05) is 24.7 Å². The minimum atomic E-state index is -0.437. The molecule has 0 aliphatic carbocycles. The molecule has 1 aliphatic heterocycles. The van der Waals surface area contributed by atoms with Crippen LogP contribution in [0.1, 0.15) is 45.1 Å². The molecule has 4 nitrogen and oxygen atoms in total. The Morgan fingerprint density at radius 2 is 1.87 bits per heavy atom. The molecule has 2 aromatic rings. The van der Waals surface area contributed by atoms with E-state index in [2.05, 4.69) is 29.2 Å². The zero-order chi connectivity index (χ0) is 16.4. The van der Waals surface area contributed by atoms with E-state index in [0.717, 1.165) is 31.4 Å². The van der Waals surface area contributed by atoms with Gasteiger partial charge in [0.1, 0.15) is 5.60 Å². The molecule has 1 aromatic carbocycles. The maximum Gasteiger partial charge on any atom is 0.410 e. The van der Waals surface area contributed by atoms with E-state index in [1.54, 1.807) is 0 Å². The van der Waals surface area contributed by atoms with E-state index in [0.29, 0.717) is 5.92 Å². The quantitative estimate of drug-likeness (QED) is 0.786. The predicted molar refractivity (Wildman–Crippen MR) is 91.5 cm³/mol. The summed E-state index contributed by atoms with van der Waals surface area (Å²) in [7, 11) is 0. The van der Waals surface area contributed by atoms with Crippen molar-refractivity contribution in [3.63, 3.8) is 0 Å². The molecule has 1 fully saturated rings. The molecule has 1 saturated heterocycles. The van der Waals surface area contributed by atoms with Gasteiger partial charge in [-0.1, -0.05) is 24.3 Å². The molecule has 0 radical (unpaired) electrons. The van der Waals surface area contributed by atoms with E-state index in [1.807, 2.05) is 37.9 Å². The summed E-state index contributed by atoms with van der Waals surface area (Å²) in [5, 5.41) is 1.18. The highest BCUT2D eigenvalue weighted by Gasteiger charge is 2.28. The summed E-state index contributed by atoms with van der Waals surface area (Å²) >= 11 is 0. The number of carbonyl (C=O) groups excluding carboxylic acids is 1. The zero-order valence-electron chi connectivity index (χ0n) is 14.1. The van der Waals surface area contributed by atoms with Crippen LogP contribution in [0.5, 0.6) is 0 Å². The van der Waals surface area contributed by atoms with Gasteiger partial charge in [-0.3, -0.25) is 4.98 Å². The van der Waals surface area contributed by atoms with Gasteiger partial charge in [0.15, 0.2) is 0 Å². The molecule has 0 unspecified atom stereocenters. The summed E-state index contributed by atoms with van der Waals surface area (Å²) in [4.78, 5) is 18.5. The van der Waals surface area contributed by atoms with Gasteiger partial charge < -0.3 is 9.64 Å². The Bertz CT molecular complexity index is 693. The minimum Gasteiger partial charge on any atom is -0.444 e. The molecule has 2 heterocycles. The highest BCUT2D eigenvalue weighted by atomic mass is 16.6. The summed E-state index contributed by atoms with van der Waals surface area (Å²) in [6.07, 6.45) is 3.55. The number of hydrogen-bond donors (Lipinski definition) is 0. The number of ether oxygens (including phenoxy) is 1. The SMILES string of the molecule is CC(C)(C)OC(=O)N1CCC(c2cccc3cccnc23)CC1. The molecule has 0 bridgehead atoms. The number of carbonyl (C=O) groups is 1. The highest BCUT2D eigenvalue weighted by Crippen LogP contribution is 2.32. The summed E-state index contributed by atoms with van der Waals surface area (Å²) in [5.74, 6) is 0.451. The van der Waals surface area contributed by atoms with Crippen molar-refractivity contribution >= 4 is 17.0 Å². The van der Waals surface area contributed by atoms with E-state index in [-0.39, 0.29) is 6.09 Å². The molecule has 0 atom stereocenters. The smallest absolute Gasteiger partial charge is 0.410 e.